The maximum atomic E-state index is 13.2. The summed E-state index contributed by atoms with van der Waals surface area (Å²) in [6.07, 6.45) is 6.99. The first-order chi connectivity index (χ1) is 13.8. The number of carboxylic acids is 1. The third-order valence-electron chi connectivity index (χ3n) is 5.95. The number of unbranched alkanes of at least 4 members (excludes halogenated alkanes) is 2. The Bertz CT molecular complexity index is 632. The minimum atomic E-state index is -1.36. The topological polar surface area (TPSA) is 107 Å². The third kappa shape index (κ3) is 7.70. The van der Waals surface area contributed by atoms with Crippen LogP contribution in [0.1, 0.15) is 69.4 Å². The number of rotatable bonds is 12. The number of hydrogen-bond donors (Lipinski definition) is 4. The standard InChI is InChI=1S/C21H34BFN2O4/c23-18-10-8-17(9-11-18)19-7-1-5-15-25(19)16-6-3-13-21(24,20(26)27)12-2-4-14-22(28)29/h8-11,19,28-29H,1-7,12-16,24H2,(H,26,27). The quantitative estimate of drug-likeness (QED) is 0.313. The van der Waals surface area contributed by atoms with Gasteiger partial charge in [0.1, 0.15) is 11.4 Å². The van der Waals surface area contributed by atoms with Gasteiger partial charge in [-0.1, -0.05) is 31.4 Å². The summed E-state index contributed by atoms with van der Waals surface area (Å²) in [5, 5.41) is 27.3. The van der Waals surface area contributed by atoms with Gasteiger partial charge in [0.25, 0.3) is 0 Å². The Balaban J connectivity index is 1.81. The fraction of sp³-hybridized carbons (Fsp3) is 0.667. The van der Waals surface area contributed by atoms with Crippen molar-refractivity contribution in [2.75, 3.05) is 13.1 Å². The monoisotopic (exact) mass is 408 g/mol. The van der Waals surface area contributed by atoms with Gasteiger partial charge in [0.15, 0.2) is 0 Å². The molecule has 0 aromatic heterocycles. The summed E-state index contributed by atoms with van der Waals surface area (Å²) in [6.45, 7) is 1.87. The molecule has 5 N–H and O–H groups in total. The Labute approximate surface area is 173 Å². The van der Waals surface area contributed by atoms with Crippen molar-refractivity contribution in [3.05, 3.63) is 35.6 Å². The van der Waals surface area contributed by atoms with Crippen molar-refractivity contribution in [1.82, 2.24) is 4.90 Å². The van der Waals surface area contributed by atoms with Gasteiger partial charge >= 0.3 is 13.1 Å². The second-order valence-corrected chi connectivity index (χ2v) is 8.24. The molecule has 0 saturated carbocycles. The lowest BCUT2D eigenvalue weighted by Gasteiger charge is -2.36. The lowest BCUT2D eigenvalue weighted by molar-refractivity contribution is -0.144. The summed E-state index contributed by atoms with van der Waals surface area (Å²) in [7, 11) is -1.36. The van der Waals surface area contributed by atoms with E-state index in [1.165, 1.54) is 12.1 Å². The first kappa shape index (κ1) is 23.8. The molecule has 1 saturated heterocycles. The van der Waals surface area contributed by atoms with Gasteiger partial charge < -0.3 is 20.9 Å². The predicted molar refractivity (Wildman–Crippen MR) is 112 cm³/mol. The van der Waals surface area contributed by atoms with Crippen LogP contribution in [0.2, 0.25) is 6.32 Å². The molecule has 0 bridgehead atoms. The number of benzene rings is 1. The second kappa shape index (κ2) is 11.6. The molecule has 29 heavy (non-hydrogen) atoms. The molecule has 2 unspecified atom stereocenters. The molecule has 1 aliphatic rings. The van der Waals surface area contributed by atoms with Crippen LogP contribution in [0.4, 0.5) is 4.39 Å². The van der Waals surface area contributed by atoms with Crippen LogP contribution < -0.4 is 5.73 Å². The van der Waals surface area contributed by atoms with E-state index in [0.29, 0.717) is 25.7 Å². The average molecular weight is 408 g/mol. The maximum Gasteiger partial charge on any atom is 0.451 e. The van der Waals surface area contributed by atoms with E-state index in [0.717, 1.165) is 50.8 Å². The van der Waals surface area contributed by atoms with Crippen LogP contribution in [-0.2, 0) is 4.79 Å². The van der Waals surface area contributed by atoms with E-state index in [1.807, 2.05) is 12.1 Å². The summed E-state index contributed by atoms with van der Waals surface area (Å²) in [4.78, 5) is 14.1. The Morgan fingerprint density at radius 1 is 1.14 bits per heavy atom. The van der Waals surface area contributed by atoms with Crippen LogP contribution in [0.15, 0.2) is 24.3 Å². The molecule has 2 rings (SSSR count). The lowest BCUT2D eigenvalue weighted by atomic mass is 9.81. The van der Waals surface area contributed by atoms with E-state index in [4.69, 9.17) is 15.8 Å². The SMILES string of the molecule is NC(CCCCB(O)O)(CCCCN1CCCCC1c1ccc(F)cc1)C(=O)O. The second-order valence-electron chi connectivity index (χ2n) is 8.24. The van der Waals surface area contributed by atoms with Crippen molar-refractivity contribution < 1.29 is 24.3 Å². The van der Waals surface area contributed by atoms with Gasteiger partial charge in [0, 0.05) is 6.04 Å². The maximum absolute atomic E-state index is 13.2. The normalized spacial score (nSPS) is 19.7. The summed E-state index contributed by atoms with van der Waals surface area (Å²) in [5.41, 5.74) is 6.01. The Morgan fingerprint density at radius 2 is 1.79 bits per heavy atom. The molecular formula is C21H34BFN2O4. The number of carbonyl (C=O) groups is 1. The van der Waals surface area contributed by atoms with Crippen LogP contribution in [-0.4, -0.2) is 51.8 Å². The minimum absolute atomic E-state index is 0.224. The van der Waals surface area contributed by atoms with Crippen LogP contribution in [0.3, 0.4) is 0 Å². The molecule has 2 atom stereocenters. The number of nitrogens with zero attached hydrogens (tertiary/aromatic N) is 1. The lowest BCUT2D eigenvalue weighted by Crippen LogP contribution is -2.48. The molecule has 0 radical (unpaired) electrons. The predicted octanol–water partition coefficient (Wildman–Crippen LogP) is 2.95. The number of piperidine rings is 1. The minimum Gasteiger partial charge on any atom is -0.480 e. The van der Waals surface area contributed by atoms with E-state index in [1.54, 1.807) is 0 Å². The van der Waals surface area contributed by atoms with Crippen molar-refractivity contribution in [2.45, 2.75) is 75.7 Å². The molecule has 8 heteroatoms. The fourth-order valence-electron chi connectivity index (χ4n) is 4.18. The summed E-state index contributed by atoms with van der Waals surface area (Å²) in [6, 6.07) is 7.02. The number of nitrogens with two attached hydrogens (primary N) is 1. The highest BCUT2D eigenvalue weighted by atomic mass is 19.1. The van der Waals surface area contributed by atoms with Gasteiger partial charge in [-0.2, -0.15) is 0 Å². The van der Waals surface area contributed by atoms with E-state index < -0.39 is 18.6 Å². The zero-order chi connectivity index (χ0) is 21.3. The smallest absolute Gasteiger partial charge is 0.451 e. The van der Waals surface area contributed by atoms with E-state index in [-0.39, 0.29) is 18.2 Å². The van der Waals surface area contributed by atoms with E-state index in [2.05, 4.69) is 4.90 Å². The zero-order valence-electron chi connectivity index (χ0n) is 17.1. The Morgan fingerprint density at radius 3 is 2.41 bits per heavy atom. The molecule has 1 fully saturated rings. The molecule has 1 aromatic rings. The number of likely N-dealkylation sites (tertiary alicyclic amines) is 1. The van der Waals surface area contributed by atoms with Gasteiger partial charge in [0.2, 0.25) is 0 Å². The molecule has 0 aliphatic carbocycles. The fourth-order valence-corrected chi connectivity index (χ4v) is 4.18. The molecule has 1 heterocycles. The third-order valence-corrected chi connectivity index (χ3v) is 5.95. The largest absolute Gasteiger partial charge is 0.480 e. The van der Waals surface area contributed by atoms with Crippen molar-refractivity contribution >= 4 is 13.1 Å². The number of carboxylic acid groups (broad SMARTS) is 1. The first-order valence-corrected chi connectivity index (χ1v) is 10.7. The summed E-state index contributed by atoms with van der Waals surface area (Å²) in [5.74, 6) is -1.22. The molecule has 162 valence electrons. The van der Waals surface area contributed by atoms with Gasteiger partial charge in [0.05, 0.1) is 0 Å². The molecular weight excluding hydrogens is 374 g/mol. The molecule has 0 spiro atoms. The van der Waals surface area contributed by atoms with E-state index in [9.17, 15) is 14.3 Å². The Hall–Kier alpha value is -1.48. The first-order valence-electron chi connectivity index (χ1n) is 10.7. The molecule has 6 nitrogen and oxygen atoms in total. The van der Waals surface area contributed by atoms with Crippen molar-refractivity contribution in [3.8, 4) is 0 Å². The summed E-state index contributed by atoms with van der Waals surface area (Å²) < 4.78 is 13.2. The highest BCUT2D eigenvalue weighted by Crippen LogP contribution is 2.31. The number of aliphatic carboxylic acids is 1. The molecule has 0 amide bonds. The highest BCUT2D eigenvalue weighted by molar-refractivity contribution is 6.40. The van der Waals surface area contributed by atoms with Crippen LogP contribution in [0.5, 0.6) is 0 Å². The van der Waals surface area contributed by atoms with Crippen LogP contribution in [0.25, 0.3) is 0 Å². The van der Waals surface area contributed by atoms with Crippen molar-refractivity contribution in [1.29, 1.82) is 0 Å². The average Bonchev–Trinajstić information content (AvgIpc) is 2.69. The van der Waals surface area contributed by atoms with E-state index >= 15 is 0 Å². The van der Waals surface area contributed by atoms with Gasteiger partial charge in [-0.25, -0.2) is 4.39 Å². The number of hydrogen-bond acceptors (Lipinski definition) is 5. The van der Waals surface area contributed by atoms with Gasteiger partial charge in [-0.15, -0.1) is 0 Å². The van der Waals surface area contributed by atoms with Gasteiger partial charge in [-0.05, 0) is 75.6 Å². The Kier molecular flexibility index (Phi) is 9.56. The van der Waals surface area contributed by atoms with Crippen LogP contribution >= 0.6 is 0 Å². The van der Waals surface area contributed by atoms with Gasteiger partial charge in [-0.3, -0.25) is 9.69 Å². The van der Waals surface area contributed by atoms with Crippen molar-refractivity contribution in [2.24, 2.45) is 5.73 Å². The summed E-state index contributed by atoms with van der Waals surface area (Å²) >= 11 is 0. The highest BCUT2D eigenvalue weighted by Gasteiger charge is 2.33. The molecule has 1 aliphatic heterocycles. The van der Waals surface area contributed by atoms with Crippen molar-refractivity contribution in [3.63, 3.8) is 0 Å². The zero-order valence-corrected chi connectivity index (χ0v) is 17.1. The molecule has 1 aromatic carbocycles. The van der Waals surface area contributed by atoms with Crippen LogP contribution in [0, 0.1) is 5.82 Å². The number of halogens is 1.